The number of sulfonamides is 1. The number of rotatable bonds is 17. The average molecular weight is 850 g/mol. The van der Waals surface area contributed by atoms with Gasteiger partial charge in [0.05, 0.1) is 51.7 Å². The summed E-state index contributed by atoms with van der Waals surface area (Å²) in [5.74, 6) is 0.649. The molecule has 1 unspecified atom stereocenters. The summed E-state index contributed by atoms with van der Waals surface area (Å²) in [6.45, 7) is 9.23. The summed E-state index contributed by atoms with van der Waals surface area (Å²) in [7, 11) is -1.49. The molecule has 0 amide bonds. The summed E-state index contributed by atoms with van der Waals surface area (Å²) in [5, 5.41) is 9.44. The van der Waals surface area contributed by atoms with E-state index in [9.17, 15) is 23.3 Å². The molecule has 316 valence electrons. The number of aromatic amines is 1. The number of hydrogen-bond acceptors (Lipinski definition) is 12. The van der Waals surface area contributed by atoms with Crippen LogP contribution in [0.3, 0.4) is 0 Å². The number of methoxy groups -OCH3 is 2. The first-order valence-electron chi connectivity index (χ1n) is 19.3. The summed E-state index contributed by atoms with van der Waals surface area (Å²) in [6.07, 6.45) is -0.919. The van der Waals surface area contributed by atoms with E-state index in [0.29, 0.717) is 22.6 Å². The van der Waals surface area contributed by atoms with Gasteiger partial charge >= 0.3 is 5.69 Å². The van der Waals surface area contributed by atoms with Gasteiger partial charge in [-0.05, 0) is 75.6 Å². The van der Waals surface area contributed by atoms with Crippen LogP contribution in [0.15, 0.2) is 94.6 Å². The first-order valence-corrected chi connectivity index (χ1v) is 22.1. The number of fused-ring (bicyclic) bond motifs is 2. The fourth-order valence-electron chi connectivity index (χ4n) is 7.93. The van der Waals surface area contributed by atoms with Gasteiger partial charge < -0.3 is 28.0 Å². The lowest BCUT2D eigenvalue weighted by molar-refractivity contribution is -0.146. The number of H-pyrrole nitrogens is 1. The molecule has 3 heterocycles. The summed E-state index contributed by atoms with van der Waals surface area (Å²) >= 11 is 0. The van der Waals surface area contributed by atoms with Crippen LogP contribution in [0.2, 0.25) is 0 Å². The maximum Gasteiger partial charge on any atom is 0.330 e. The van der Waals surface area contributed by atoms with Gasteiger partial charge in [-0.1, -0.05) is 54.6 Å². The minimum Gasteiger partial charge on any atom is -0.497 e. The average Bonchev–Trinajstić information content (AvgIpc) is 3.46. The van der Waals surface area contributed by atoms with Crippen LogP contribution in [-0.2, 0) is 34.1 Å². The molecule has 0 radical (unpaired) electrons. The van der Waals surface area contributed by atoms with Crippen molar-refractivity contribution in [2.24, 2.45) is 0 Å². The number of nitriles is 1. The quantitative estimate of drug-likeness (QED) is 0.0811. The largest absolute Gasteiger partial charge is 0.497 e. The van der Waals surface area contributed by atoms with Gasteiger partial charge in [0, 0.05) is 30.9 Å². The SMILES string of the molecule is COc1ccc(C(OC[C@@]23CS(=O)(=O)N(C)[C@@H]([C@H](n4cc(C)c(=O)[nH]c4=O)O2)[C@@H]3OP(OCCC#N)N(C(C)C)C(C)C)(c2ccccc2)c2ccc(OC)cc2)cc1. The van der Waals surface area contributed by atoms with Gasteiger partial charge in [0.2, 0.25) is 10.0 Å². The smallest absolute Gasteiger partial charge is 0.330 e. The number of ether oxygens (including phenoxy) is 4. The summed E-state index contributed by atoms with van der Waals surface area (Å²) in [4.78, 5) is 28.5. The van der Waals surface area contributed by atoms with E-state index in [1.54, 1.807) is 21.1 Å². The molecule has 2 bridgehead atoms. The van der Waals surface area contributed by atoms with E-state index in [4.69, 9.17) is 28.0 Å². The lowest BCUT2D eigenvalue weighted by Crippen LogP contribution is -2.63. The molecule has 2 aliphatic heterocycles. The van der Waals surface area contributed by atoms with Crippen molar-refractivity contribution in [1.29, 1.82) is 5.26 Å². The zero-order valence-electron chi connectivity index (χ0n) is 34.5. The van der Waals surface area contributed by atoms with Crippen molar-refractivity contribution in [1.82, 2.24) is 18.5 Å². The highest BCUT2D eigenvalue weighted by Crippen LogP contribution is 2.56. The van der Waals surface area contributed by atoms with Gasteiger partial charge in [0.25, 0.3) is 14.1 Å². The highest BCUT2D eigenvalue weighted by molar-refractivity contribution is 7.89. The van der Waals surface area contributed by atoms with Crippen molar-refractivity contribution >= 4 is 18.5 Å². The second kappa shape index (κ2) is 18.0. The van der Waals surface area contributed by atoms with Gasteiger partial charge in [0.15, 0.2) is 6.23 Å². The van der Waals surface area contributed by atoms with Crippen LogP contribution in [0.1, 0.15) is 62.6 Å². The minimum absolute atomic E-state index is 0.0576. The Morgan fingerprint density at radius 2 is 1.51 bits per heavy atom. The molecule has 0 spiro atoms. The molecule has 1 aromatic heterocycles. The van der Waals surface area contributed by atoms with Gasteiger partial charge in [-0.15, -0.1) is 0 Å². The molecular weight excluding hydrogens is 798 g/mol. The van der Waals surface area contributed by atoms with E-state index >= 15 is 0 Å². The summed E-state index contributed by atoms with van der Waals surface area (Å²) in [5.41, 5.74) is -2.18. The number of benzene rings is 3. The normalized spacial score (nSPS) is 22.1. The molecule has 2 saturated heterocycles. The zero-order valence-corrected chi connectivity index (χ0v) is 36.2. The first-order chi connectivity index (χ1) is 28.1. The Balaban J connectivity index is 1.59. The van der Waals surface area contributed by atoms with Crippen LogP contribution in [0.5, 0.6) is 11.5 Å². The van der Waals surface area contributed by atoms with E-state index in [-0.39, 0.29) is 37.3 Å². The van der Waals surface area contributed by atoms with Crippen LogP contribution in [0, 0.1) is 18.3 Å². The number of aryl methyl sites for hydroxylation is 1. The predicted molar refractivity (Wildman–Crippen MR) is 223 cm³/mol. The van der Waals surface area contributed by atoms with Gasteiger partial charge in [-0.3, -0.25) is 14.3 Å². The number of nitrogens with zero attached hydrogens (tertiary/aromatic N) is 4. The molecular formula is C42H52N5O10PS. The van der Waals surface area contributed by atoms with Crippen molar-refractivity contribution < 1.29 is 36.4 Å². The second-order valence-corrected chi connectivity index (χ2v) is 18.6. The molecule has 1 N–H and O–H groups in total. The lowest BCUT2D eigenvalue weighted by Gasteiger charge is -2.46. The molecule has 17 heteroatoms. The molecule has 5 atom stereocenters. The Hall–Kier alpha value is -4.43. The highest BCUT2D eigenvalue weighted by atomic mass is 32.2. The van der Waals surface area contributed by atoms with E-state index in [0.717, 1.165) is 5.56 Å². The maximum atomic E-state index is 14.4. The number of likely N-dealkylation sites (N-methyl/N-ethyl adjacent to an activating group) is 1. The molecule has 3 aromatic carbocycles. The monoisotopic (exact) mass is 849 g/mol. The Labute approximate surface area is 346 Å². The van der Waals surface area contributed by atoms with Crippen LogP contribution in [0.25, 0.3) is 0 Å². The third-order valence-electron chi connectivity index (χ3n) is 10.8. The predicted octanol–water partition coefficient (Wildman–Crippen LogP) is 5.44. The molecule has 2 fully saturated rings. The minimum atomic E-state index is -4.11. The van der Waals surface area contributed by atoms with Crippen LogP contribution < -0.4 is 20.7 Å². The Kier molecular flexibility index (Phi) is 13.5. The summed E-state index contributed by atoms with van der Waals surface area (Å²) < 4.78 is 72.0. The van der Waals surface area contributed by atoms with Gasteiger partial charge in [-0.25, -0.2) is 17.9 Å². The lowest BCUT2D eigenvalue weighted by atomic mass is 9.79. The fourth-order valence-corrected chi connectivity index (χ4v) is 11.5. The van der Waals surface area contributed by atoms with Crippen LogP contribution in [-0.4, -0.2) is 97.0 Å². The molecule has 4 aromatic rings. The molecule has 0 aliphatic carbocycles. The fraction of sp³-hybridized carbons (Fsp3) is 0.452. The standard InChI is InChI=1S/C42H52N5O10PS/c1-28(2)47(29(3)4)58(55-24-12-23-43)57-37-36-39(46-25-30(5)38(48)44-40(46)49)56-41(37,27-59(50,51)45(36)6)26-54-42(31-13-10-9-11-14-31,32-15-19-34(52-7)20-16-32)33-17-21-35(53-8)22-18-33/h9-11,13-22,25,28-29,36-37,39H,12,24,26-27H2,1-8H3,(H,44,48,49)/t36-,37+,39-,41+,58?/m1/s1. The zero-order chi connectivity index (χ0) is 42.7. The van der Waals surface area contributed by atoms with Crippen molar-refractivity contribution in [2.75, 3.05) is 40.2 Å². The van der Waals surface area contributed by atoms with Gasteiger partial charge in [-0.2, -0.15) is 9.57 Å². The van der Waals surface area contributed by atoms with Crippen LogP contribution in [0.4, 0.5) is 0 Å². The van der Waals surface area contributed by atoms with Crippen LogP contribution >= 0.6 is 8.53 Å². The number of aromatic nitrogens is 2. The van der Waals surface area contributed by atoms with E-state index in [1.807, 2.05) is 111 Å². The summed E-state index contributed by atoms with van der Waals surface area (Å²) in [6, 6.07) is 25.2. The maximum absolute atomic E-state index is 14.4. The highest BCUT2D eigenvalue weighted by Gasteiger charge is 2.67. The van der Waals surface area contributed by atoms with Crippen molar-refractivity contribution in [3.05, 3.63) is 128 Å². The van der Waals surface area contributed by atoms with Crippen molar-refractivity contribution in [2.45, 2.75) is 82.7 Å². The van der Waals surface area contributed by atoms with E-state index in [2.05, 4.69) is 11.1 Å². The van der Waals surface area contributed by atoms with Crippen molar-refractivity contribution in [3.8, 4) is 17.6 Å². The topological polar surface area (TPSA) is 175 Å². The third kappa shape index (κ3) is 8.62. The van der Waals surface area contributed by atoms with Crippen molar-refractivity contribution in [3.63, 3.8) is 0 Å². The Morgan fingerprint density at radius 1 is 0.949 bits per heavy atom. The number of hydrogen-bond donors (Lipinski definition) is 1. The second-order valence-electron chi connectivity index (χ2n) is 15.2. The molecule has 6 rings (SSSR count). The Morgan fingerprint density at radius 3 is 2.03 bits per heavy atom. The Bertz CT molecular complexity index is 2280. The molecule has 2 aliphatic rings. The molecule has 15 nitrogen and oxygen atoms in total. The van der Waals surface area contributed by atoms with E-state index < -0.39 is 65.1 Å². The van der Waals surface area contributed by atoms with Gasteiger partial charge in [0.1, 0.15) is 28.8 Å². The van der Waals surface area contributed by atoms with E-state index in [1.165, 1.54) is 22.1 Å². The molecule has 59 heavy (non-hydrogen) atoms. The first kappa shape index (κ1) is 44.1. The number of nitrogens with one attached hydrogen (secondary N) is 1. The molecule has 0 saturated carbocycles. The third-order valence-corrected chi connectivity index (χ3v) is 14.8.